The quantitative estimate of drug-likeness (QED) is 0.206. The van der Waals surface area contributed by atoms with E-state index >= 15 is 0 Å². The number of nitrogens with one attached hydrogen (secondary N) is 1. The van der Waals surface area contributed by atoms with E-state index in [0.29, 0.717) is 13.2 Å². The Balaban J connectivity index is 1.19. The van der Waals surface area contributed by atoms with Gasteiger partial charge in [0.25, 0.3) is 0 Å². The van der Waals surface area contributed by atoms with Crippen LogP contribution in [0.15, 0.2) is 103 Å². The van der Waals surface area contributed by atoms with Gasteiger partial charge in [-0.1, -0.05) is 84.9 Å². The summed E-state index contributed by atoms with van der Waals surface area (Å²) in [5.41, 5.74) is 8.48. The minimum Gasteiger partial charge on any atom is -0.485 e. The summed E-state index contributed by atoms with van der Waals surface area (Å²) in [5, 5.41) is 5.01. The van der Waals surface area contributed by atoms with Gasteiger partial charge in [0, 0.05) is 23.3 Å². The monoisotopic (exact) mass is 514 g/mol. The summed E-state index contributed by atoms with van der Waals surface area (Å²) in [6.07, 6.45) is 5.50. The largest absolute Gasteiger partial charge is 0.485 e. The second-order valence-electron chi connectivity index (χ2n) is 10.1. The molecule has 1 heterocycles. The molecule has 1 N–H and O–H groups in total. The third kappa shape index (κ3) is 6.06. The van der Waals surface area contributed by atoms with E-state index in [0.717, 1.165) is 53.9 Å². The summed E-state index contributed by atoms with van der Waals surface area (Å²) in [6.45, 7) is 1.84. The summed E-state index contributed by atoms with van der Waals surface area (Å²) in [5.74, 6) is 1.54. The fourth-order valence-electron chi connectivity index (χ4n) is 5.32. The lowest BCUT2D eigenvalue weighted by atomic mass is 9.92. The molecule has 6 rings (SSSR count). The Labute approximate surface area is 230 Å². The van der Waals surface area contributed by atoms with Crippen molar-refractivity contribution in [2.45, 2.75) is 45.3 Å². The van der Waals surface area contributed by atoms with Gasteiger partial charge in [0.05, 0.1) is 5.52 Å². The van der Waals surface area contributed by atoms with Crippen LogP contribution in [0.4, 0.5) is 5.69 Å². The first-order valence-electron chi connectivity index (χ1n) is 13.9. The van der Waals surface area contributed by atoms with Crippen molar-refractivity contribution in [3.05, 3.63) is 131 Å². The van der Waals surface area contributed by atoms with E-state index in [9.17, 15) is 0 Å². The Kier molecular flexibility index (Phi) is 7.71. The van der Waals surface area contributed by atoms with Crippen LogP contribution in [-0.2, 0) is 32.5 Å². The molecule has 1 aromatic heterocycles. The fourth-order valence-corrected chi connectivity index (χ4v) is 5.32. The molecular formula is C35H34N2O2. The van der Waals surface area contributed by atoms with Gasteiger partial charge in [-0.05, 0) is 72.6 Å². The number of hydrogen-bond acceptors (Lipinski definition) is 4. The third-order valence-corrected chi connectivity index (χ3v) is 7.37. The van der Waals surface area contributed by atoms with Crippen molar-refractivity contribution >= 4 is 16.6 Å². The predicted molar refractivity (Wildman–Crippen MR) is 159 cm³/mol. The highest BCUT2D eigenvalue weighted by molar-refractivity contribution is 5.93. The molecule has 4 aromatic carbocycles. The number of ether oxygens (including phenoxy) is 2. The molecule has 0 amide bonds. The van der Waals surface area contributed by atoms with E-state index < -0.39 is 0 Å². The highest BCUT2D eigenvalue weighted by Crippen LogP contribution is 2.34. The Bertz CT molecular complexity index is 1530. The predicted octanol–water partition coefficient (Wildman–Crippen LogP) is 7.93. The lowest BCUT2D eigenvalue weighted by molar-refractivity contribution is 0.255. The molecule has 0 fully saturated rings. The number of nitrogens with zero attached hydrogens (tertiary/aromatic N) is 1. The Hall–Kier alpha value is -4.31. The summed E-state index contributed by atoms with van der Waals surface area (Å²) >= 11 is 0. The molecule has 39 heavy (non-hydrogen) atoms. The van der Waals surface area contributed by atoms with E-state index in [-0.39, 0.29) is 0 Å². The van der Waals surface area contributed by atoms with Crippen LogP contribution in [0.2, 0.25) is 0 Å². The smallest absolute Gasteiger partial charge is 0.161 e. The molecule has 0 aliphatic heterocycles. The number of para-hydroxylation sites is 1. The lowest BCUT2D eigenvalue weighted by Gasteiger charge is -2.22. The first kappa shape index (κ1) is 25.0. The summed E-state index contributed by atoms with van der Waals surface area (Å²) in [6, 6.07) is 35.3. The molecule has 0 saturated heterocycles. The maximum Gasteiger partial charge on any atom is 0.161 e. The van der Waals surface area contributed by atoms with Gasteiger partial charge >= 0.3 is 0 Å². The van der Waals surface area contributed by atoms with E-state index in [4.69, 9.17) is 14.5 Å². The number of aromatic nitrogens is 1. The van der Waals surface area contributed by atoms with Crippen molar-refractivity contribution < 1.29 is 9.47 Å². The van der Waals surface area contributed by atoms with Gasteiger partial charge in [0.2, 0.25) is 0 Å². The maximum absolute atomic E-state index is 6.30. The minimum absolute atomic E-state index is 0.499. The zero-order chi connectivity index (χ0) is 26.3. The Morgan fingerprint density at radius 1 is 0.641 bits per heavy atom. The molecule has 1 aliphatic carbocycles. The zero-order valence-corrected chi connectivity index (χ0v) is 22.2. The van der Waals surface area contributed by atoms with Crippen molar-refractivity contribution in [1.82, 2.24) is 4.98 Å². The number of fused-ring (bicyclic) bond motifs is 2. The lowest BCUT2D eigenvalue weighted by Crippen LogP contribution is -2.13. The first-order valence-corrected chi connectivity index (χ1v) is 13.9. The van der Waals surface area contributed by atoms with Crippen LogP contribution in [0.3, 0.4) is 0 Å². The second-order valence-corrected chi connectivity index (χ2v) is 10.1. The zero-order valence-electron chi connectivity index (χ0n) is 22.2. The van der Waals surface area contributed by atoms with Crippen LogP contribution in [0.25, 0.3) is 10.9 Å². The number of pyridine rings is 1. The fraction of sp³-hybridized carbons (Fsp3) is 0.229. The average molecular weight is 515 g/mol. The maximum atomic E-state index is 6.30. The van der Waals surface area contributed by atoms with Crippen molar-refractivity contribution in [2.24, 2.45) is 0 Å². The van der Waals surface area contributed by atoms with Crippen LogP contribution in [0.5, 0.6) is 11.5 Å². The van der Waals surface area contributed by atoms with Crippen LogP contribution in [0, 0.1) is 0 Å². The number of anilines is 1. The molecule has 196 valence electrons. The van der Waals surface area contributed by atoms with E-state index in [1.165, 1.54) is 40.7 Å². The Morgan fingerprint density at radius 2 is 1.31 bits per heavy atom. The summed E-state index contributed by atoms with van der Waals surface area (Å²) < 4.78 is 12.5. The topological polar surface area (TPSA) is 43.4 Å². The van der Waals surface area contributed by atoms with E-state index in [1.807, 2.05) is 42.5 Å². The van der Waals surface area contributed by atoms with Crippen LogP contribution >= 0.6 is 0 Å². The number of rotatable bonds is 10. The van der Waals surface area contributed by atoms with Crippen molar-refractivity contribution in [3.8, 4) is 11.5 Å². The molecule has 0 atom stereocenters. The van der Waals surface area contributed by atoms with Gasteiger partial charge < -0.3 is 14.8 Å². The number of benzene rings is 4. The highest BCUT2D eigenvalue weighted by Gasteiger charge is 2.18. The third-order valence-electron chi connectivity index (χ3n) is 7.37. The molecule has 0 bridgehead atoms. The van der Waals surface area contributed by atoms with Crippen LogP contribution in [-0.4, -0.2) is 11.5 Å². The molecular weight excluding hydrogens is 480 g/mol. The summed E-state index contributed by atoms with van der Waals surface area (Å²) in [7, 11) is 0. The van der Waals surface area contributed by atoms with Gasteiger partial charge in [-0.15, -0.1) is 0 Å². The highest BCUT2D eigenvalue weighted by atomic mass is 16.5. The van der Waals surface area contributed by atoms with E-state index in [2.05, 4.69) is 66.0 Å². The molecule has 0 spiro atoms. The summed E-state index contributed by atoms with van der Waals surface area (Å²) in [4.78, 5) is 4.98. The minimum atomic E-state index is 0.499. The molecule has 0 unspecified atom stereocenters. The first-order chi connectivity index (χ1) is 19.3. The van der Waals surface area contributed by atoms with Crippen molar-refractivity contribution in [1.29, 1.82) is 0 Å². The number of aryl methyl sites for hydroxylation is 1. The van der Waals surface area contributed by atoms with Gasteiger partial charge in [0.1, 0.15) is 13.2 Å². The molecule has 4 nitrogen and oxygen atoms in total. The van der Waals surface area contributed by atoms with Gasteiger partial charge in [-0.3, -0.25) is 4.98 Å². The molecule has 4 heteroatoms. The molecule has 1 aliphatic rings. The van der Waals surface area contributed by atoms with Gasteiger partial charge in [0.15, 0.2) is 11.5 Å². The molecule has 5 aromatic rings. The second kappa shape index (κ2) is 12.0. The van der Waals surface area contributed by atoms with Gasteiger partial charge in [-0.25, -0.2) is 0 Å². The van der Waals surface area contributed by atoms with Crippen molar-refractivity contribution in [3.63, 3.8) is 0 Å². The van der Waals surface area contributed by atoms with E-state index in [1.54, 1.807) is 0 Å². The standard InChI is InChI=1S/C35H34N2O2/c1-3-11-27(12-4-1)24-38-33-20-19-26(23-34(33)39-25-28-13-5-2-6-14-28)21-22-36-35-29-15-7-9-17-31(29)37-32-18-10-8-16-30(32)35/h1-7,9,11-15,17,19-20,23H,8,10,16,18,21-22,24-25H2,(H,36,37). The van der Waals surface area contributed by atoms with Crippen molar-refractivity contribution in [2.75, 3.05) is 11.9 Å². The normalized spacial score (nSPS) is 12.6. The van der Waals surface area contributed by atoms with Gasteiger partial charge in [-0.2, -0.15) is 0 Å². The van der Waals surface area contributed by atoms with Crippen LogP contribution in [0.1, 0.15) is 40.8 Å². The Morgan fingerprint density at radius 3 is 2.08 bits per heavy atom. The average Bonchev–Trinajstić information content (AvgIpc) is 3.00. The molecule has 0 radical (unpaired) electrons. The number of hydrogen-bond donors (Lipinski definition) is 1. The molecule has 0 saturated carbocycles. The SMILES string of the molecule is c1ccc(COc2ccc(CCNc3c4c(nc5ccccc35)CCCC4)cc2OCc2ccccc2)cc1. The van der Waals surface area contributed by atoms with Crippen LogP contribution < -0.4 is 14.8 Å².